The van der Waals surface area contributed by atoms with Crippen molar-refractivity contribution in [2.45, 2.75) is 6.42 Å². The van der Waals surface area contributed by atoms with Crippen LogP contribution < -0.4 is 0 Å². The number of carbonyl (C=O) groups excluding carboxylic acids is 1. The van der Waals surface area contributed by atoms with Crippen LogP contribution in [-0.4, -0.2) is 13.6 Å². The molecule has 0 aromatic heterocycles. The molecule has 0 saturated carbocycles. The van der Waals surface area contributed by atoms with Crippen molar-refractivity contribution >= 4 is 35.8 Å². The molecule has 0 spiro atoms. The Morgan fingerprint density at radius 2 is 2.33 bits per heavy atom. The number of rotatable bonds is 3. The van der Waals surface area contributed by atoms with Crippen LogP contribution in [0.4, 0.5) is 0 Å². The Hall–Kier alpha value is 0.00688. The van der Waals surface area contributed by atoms with E-state index in [2.05, 4.69) is 11.0 Å². The highest BCUT2D eigenvalue weighted by Gasteiger charge is 2.07. The van der Waals surface area contributed by atoms with E-state index in [4.69, 9.17) is 22.2 Å². The monoisotopic (exact) mass is 184 g/mol. The van der Waals surface area contributed by atoms with Gasteiger partial charge in [0, 0.05) is 0 Å². The van der Waals surface area contributed by atoms with E-state index in [9.17, 15) is 4.79 Å². The molecule has 52 valence electrons. The first-order valence-electron chi connectivity index (χ1n) is 2.25. The summed E-state index contributed by atoms with van der Waals surface area (Å²) < 4.78 is 4.45. The van der Waals surface area contributed by atoms with Crippen LogP contribution in [-0.2, 0) is 9.22 Å². The topological polar surface area (TPSA) is 26.3 Å². The lowest BCUT2D eigenvalue weighted by Crippen LogP contribution is -2.09. The molecule has 0 amide bonds. The smallest absolute Gasteiger partial charge is 0.435 e. The molecule has 2 nitrogen and oxygen atoms in total. The van der Waals surface area contributed by atoms with Crippen molar-refractivity contribution in [3.63, 3.8) is 0 Å². The fraction of sp³-hybridized carbons (Fsp3) is 0.250. The van der Waals surface area contributed by atoms with Gasteiger partial charge in [-0.1, -0.05) is 6.08 Å². The van der Waals surface area contributed by atoms with Gasteiger partial charge in [-0.2, -0.15) is 0 Å². The van der Waals surface area contributed by atoms with Gasteiger partial charge in [-0.05, 0) is 0 Å². The molecule has 0 rings (SSSR count). The highest BCUT2D eigenvalue weighted by atomic mass is 35.7. The van der Waals surface area contributed by atoms with Crippen LogP contribution in [0.3, 0.4) is 0 Å². The van der Waals surface area contributed by atoms with E-state index < -0.39 is 13.6 Å². The summed E-state index contributed by atoms with van der Waals surface area (Å²) in [4.78, 5) is 10.4. The van der Waals surface area contributed by atoms with E-state index in [1.165, 1.54) is 6.08 Å². The molecule has 0 bridgehead atoms. The van der Waals surface area contributed by atoms with Crippen molar-refractivity contribution in [2.24, 2.45) is 0 Å². The Morgan fingerprint density at radius 3 is 2.67 bits per heavy atom. The lowest BCUT2D eigenvalue weighted by Gasteiger charge is -1.99. The van der Waals surface area contributed by atoms with Gasteiger partial charge in [0.05, 0.1) is 6.42 Å². The number of carbonyl (C=O) groups is 1. The second kappa shape index (κ2) is 4.85. The van der Waals surface area contributed by atoms with Gasteiger partial charge in [-0.25, -0.2) is 0 Å². The molecule has 0 N–H and O–H groups in total. The number of halogens is 2. The predicted molar refractivity (Wildman–Crippen MR) is 39.8 cm³/mol. The van der Waals surface area contributed by atoms with E-state index in [0.717, 1.165) is 0 Å². The Bertz CT molecular complexity index is 115. The van der Waals surface area contributed by atoms with E-state index in [1.807, 2.05) is 0 Å². The number of hydrogen-bond donors (Lipinski definition) is 0. The van der Waals surface area contributed by atoms with Gasteiger partial charge in [-0.15, -0.1) is 28.7 Å². The van der Waals surface area contributed by atoms with Crippen molar-refractivity contribution in [3.8, 4) is 0 Å². The van der Waals surface area contributed by atoms with E-state index in [-0.39, 0.29) is 6.42 Å². The quantitative estimate of drug-likeness (QED) is 0.376. The van der Waals surface area contributed by atoms with E-state index >= 15 is 0 Å². The summed E-state index contributed by atoms with van der Waals surface area (Å²) in [7, 11) is -2.21. The zero-order valence-electron chi connectivity index (χ0n) is 4.64. The van der Waals surface area contributed by atoms with Crippen molar-refractivity contribution in [3.05, 3.63) is 12.7 Å². The molecule has 0 atom stereocenters. The summed E-state index contributed by atoms with van der Waals surface area (Å²) in [5, 5.41) is 0. The van der Waals surface area contributed by atoms with Gasteiger partial charge >= 0.3 is 7.66 Å². The maximum absolute atomic E-state index is 10.4. The molecule has 0 fully saturated rings. The standard InChI is InChI=1S/C4H6Cl2O2Si/c1-2-3-4(7)8-9(5)6/h2,9H,1,3H2. The second-order valence-corrected chi connectivity index (χ2v) is 5.05. The van der Waals surface area contributed by atoms with Crippen molar-refractivity contribution < 1.29 is 9.22 Å². The summed E-state index contributed by atoms with van der Waals surface area (Å²) in [6, 6.07) is 0. The molecule has 5 heteroatoms. The Kier molecular flexibility index (Phi) is 4.85. The molecule has 0 radical (unpaired) electrons. The van der Waals surface area contributed by atoms with E-state index in [1.54, 1.807) is 0 Å². The molecule has 0 saturated heterocycles. The molecule has 0 unspecified atom stereocenters. The van der Waals surface area contributed by atoms with Gasteiger partial charge < -0.3 is 4.43 Å². The third-order valence-electron chi connectivity index (χ3n) is 0.532. The average molecular weight is 185 g/mol. The van der Waals surface area contributed by atoms with Crippen LogP contribution in [0.2, 0.25) is 0 Å². The van der Waals surface area contributed by atoms with Crippen LogP contribution in [0.5, 0.6) is 0 Å². The largest absolute Gasteiger partial charge is 0.494 e. The molecule has 0 heterocycles. The summed E-state index contributed by atoms with van der Waals surface area (Å²) in [5.74, 6) is -0.410. The normalized spacial score (nSPS) is 9.22. The average Bonchev–Trinajstić information content (AvgIpc) is 1.63. The zero-order valence-corrected chi connectivity index (χ0v) is 7.31. The summed E-state index contributed by atoms with van der Waals surface area (Å²) >= 11 is 10.5. The summed E-state index contributed by atoms with van der Waals surface area (Å²) in [6.07, 6.45) is 1.61. The molecule has 0 aliphatic carbocycles. The van der Waals surface area contributed by atoms with Crippen LogP contribution in [0, 0.1) is 0 Å². The minimum absolute atomic E-state index is 0.170. The minimum Gasteiger partial charge on any atom is -0.494 e. The zero-order chi connectivity index (χ0) is 7.28. The molecule has 0 aliphatic heterocycles. The maximum atomic E-state index is 10.4. The van der Waals surface area contributed by atoms with Crippen molar-refractivity contribution in [2.75, 3.05) is 0 Å². The first-order chi connectivity index (χ1) is 4.16. The van der Waals surface area contributed by atoms with Gasteiger partial charge in [0.15, 0.2) is 0 Å². The Balaban J connectivity index is 3.38. The third-order valence-corrected chi connectivity index (χ3v) is 1.51. The van der Waals surface area contributed by atoms with Gasteiger partial charge in [0.2, 0.25) is 0 Å². The first kappa shape index (κ1) is 9.01. The number of hydrogen-bond acceptors (Lipinski definition) is 2. The summed E-state index contributed by atoms with van der Waals surface area (Å²) in [6.45, 7) is 3.34. The lowest BCUT2D eigenvalue weighted by atomic mass is 10.4. The fourth-order valence-electron chi connectivity index (χ4n) is 0.265. The van der Waals surface area contributed by atoms with Crippen LogP contribution in [0.1, 0.15) is 6.42 Å². The second-order valence-electron chi connectivity index (χ2n) is 1.24. The Morgan fingerprint density at radius 1 is 1.78 bits per heavy atom. The van der Waals surface area contributed by atoms with Crippen LogP contribution in [0.25, 0.3) is 0 Å². The molecular weight excluding hydrogens is 179 g/mol. The Labute approximate surface area is 64.5 Å². The molecular formula is C4H6Cl2O2Si. The highest BCUT2D eigenvalue weighted by Crippen LogP contribution is 1.99. The lowest BCUT2D eigenvalue weighted by molar-refractivity contribution is -0.133. The van der Waals surface area contributed by atoms with Crippen LogP contribution >= 0.6 is 22.2 Å². The predicted octanol–water partition coefficient (Wildman–Crippen LogP) is 1.30. The SMILES string of the molecule is C=CCC(=O)O[SiH](Cl)Cl. The van der Waals surface area contributed by atoms with Gasteiger partial charge in [-0.3, -0.25) is 4.79 Å². The van der Waals surface area contributed by atoms with Gasteiger partial charge in [0.25, 0.3) is 5.97 Å². The van der Waals surface area contributed by atoms with Crippen molar-refractivity contribution in [1.82, 2.24) is 0 Å². The van der Waals surface area contributed by atoms with E-state index in [0.29, 0.717) is 0 Å². The first-order valence-corrected chi connectivity index (χ1v) is 6.21. The maximum Gasteiger partial charge on any atom is 0.435 e. The van der Waals surface area contributed by atoms with Gasteiger partial charge in [0.1, 0.15) is 0 Å². The van der Waals surface area contributed by atoms with Crippen LogP contribution in [0.15, 0.2) is 12.7 Å². The molecule has 9 heavy (non-hydrogen) atoms. The minimum atomic E-state index is -2.21. The fourth-order valence-corrected chi connectivity index (χ4v) is 1.16. The summed E-state index contributed by atoms with van der Waals surface area (Å²) in [5.41, 5.74) is 0. The highest BCUT2D eigenvalue weighted by molar-refractivity contribution is 7.31. The van der Waals surface area contributed by atoms with Crippen molar-refractivity contribution in [1.29, 1.82) is 0 Å². The molecule has 0 aromatic carbocycles. The molecule has 0 aliphatic rings. The third kappa shape index (κ3) is 5.88. The molecule has 0 aromatic rings.